The van der Waals surface area contributed by atoms with Crippen molar-refractivity contribution < 1.29 is 48.1 Å². The second-order valence-electron chi connectivity index (χ2n) is 17.2. The van der Waals surface area contributed by atoms with E-state index in [-0.39, 0.29) is 64.4 Å². The van der Waals surface area contributed by atoms with E-state index >= 15 is 0 Å². The minimum atomic E-state index is -0.450. The van der Waals surface area contributed by atoms with Gasteiger partial charge in [-0.25, -0.2) is 9.97 Å². The average molecular weight is 954 g/mol. The largest absolute Gasteiger partial charge is 2.00 e. The number of ketones is 4. The zero-order chi connectivity index (χ0) is 46.8. The van der Waals surface area contributed by atoms with E-state index in [9.17, 15) is 19.2 Å². The van der Waals surface area contributed by atoms with Crippen LogP contribution in [0.2, 0.25) is 0 Å². The molecule has 5 heterocycles. The van der Waals surface area contributed by atoms with E-state index in [2.05, 4.69) is 0 Å². The SMILES string of the molecule is CC(C)OC1=C(c2c3nc(c(-c4ccccc4)c4ccc([n-]4)c(C4=C(OC(C)C)C(=O)c5ccccc5C4=O)c4nc(c(-c5ccccc5)c5ccc2[n-]5)C=C4)C=C3)C(=O)c2ccccc2C1=O.[Zn+2]. The van der Waals surface area contributed by atoms with Crippen molar-refractivity contribution in [2.24, 2.45) is 0 Å². The van der Waals surface area contributed by atoms with Gasteiger partial charge < -0.3 is 19.4 Å². The molecule has 0 fully saturated rings. The van der Waals surface area contributed by atoms with Crippen LogP contribution in [0, 0.1) is 0 Å². The van der Waals surface area contributed by atoms with Crippen LogP contribution in [0.25, 0.3) is 79.8 Å². The summed E-state index contributed by atoms with van der Waals surface area (Å²) in [7, 11) is 0. The summed E-state index contributed by atoms with van der Waals surface area (Å²) >= 11 is 0. The summed E-state index contributed by atoms with van der Waals surface area (Å²) < 4.78 is 12.6. The van der Waals surface area contributed by atoms with Crippen molar-refractivity contribution in [2.75, 3.05) is 0 Å². The standard InChI is InChI=1S/C58H42N4O6.Zn/c1-31(2)67-57-51(53(63)35-19-11-13-21-37(35)55(57)65)49-43-27-23-39(59-43)47(33-15-7-5-8-16-33)41-25-29-45(61-41)50(52-54(64)36-20-12-14-22-38(36)56(66)58(52)68-32(3)4)46-30-26-42(62-46)48(34-17-9-6-10-18-34)40-24-28-44(49)60-40;/h5-32H,1-4H3,(H2,59,60,61,62,63,64,65,66);/q;+2/p-2. The average Bonchev–Trinajstić information content (AvgIpc) is 4.20. The Morgan fingerprint density at radius 2 is 0.667 bits per heavy atom. The number of carbonyl (C=O) groups excluding carboxylic acids is 4. The van der Waals surface area contributed by atoms with Crippen molar-refractivity contribution in [2.45, 2.75) is 39.9 Å². The molecule has 3 aromatic heterocycles. The Balaban J connectivity index is 0.00000553. The summed E-state index contributed by atoms with van der Waals surface area (Å²) in [6.07, 6.45) is 6.44. The smallest absolute Gasteiger partial charge is 0.657 e. The Hall–Kier alpha value is -8.14. The van der Waals surface area contributed by atoms with Gasteiger partial charge in [0.15, 0.2) is 23.1 Å². The fourth-order valence-corrected chi connectivity index (χ4v) is 9.26. The van der Waals surface area contributed by atoms with E-state index in [0.29, 0.717) is 67.1 Å². The van der Waals surface area contributed by atoms with Crippen LogP contribution in [0.3, 0.4) is 0 Å². The molecule has 330 valence electrons. The van der Waals surface area contributed by atoms with Crippen molar-refractivity contribution in [3.8, 4) is 22.3 Å². The molecule has 8 bridgehead atoms. The second kappa shape index (κ2) is 17.8. The van der Waals surface area contributed by atoms with E-state index in [4.69, 9.17) is 29.4 Å². The van der Waals surface area contributed by atoms with Gasteiger partial charge in [0.2, 0.25) is 11.6 Å². The van der Waals surface area contributed by atoms with Crippen LogP contribution in [0.5, 0.6) is 0 Å². The number of hydrogen-bond donors (Lipinski definition) is 0. The Bertz CT molecular complexity index is 3410. The minimum absolute atomic E-state index is 0. The van der Waals surface area contributed by atoms with Crippen molar-refractivity contribution in [1.82, 2.24) is 19.9 Å². The molecule has 7 aromatic rings. The van der Waals surface area contributed by atoms with Crippen LogP contribution >= 0.6 is 0 Å². The number of benzene rings is 4. The minimum Gasteiger partial charge on any atom is -0.657 e. The normalized spacial score (nSPS) is 14.1. The van der Waals surface area contributed by atoms with Gasteiger partial charge in [0.1, 0.15) is 0 Å². The van der Waals surface area contributed by atoms with Crippen LogP contribution in [-0.2, 0) is 29.0 Å². The predicted octanol–water partition coefficient (Wildman–Crippen LogP) is 11.7. The first-order valence-electron chi connectivity index (χ1n) is 22.4. The summed E-state index contributed by atoms with van der Waals surface area (Å²) in [5.74, 6) is -1.78. The molecule has 0 saturated carbocycles. The maximum absolute atomic E-state index is 15.0. The molecular weight excluding hydrogens is 914 g/mol. The molecule has 0 radical (unpaired) electrons. The van der Waals surface area contributed by atoms with Gasteiger partial charge >= 0.3 is 19.5 Å². The molecule has 4 aliphatic rings. The Morgan fingerprint density at radius 1 is 0.377 bits per heavy atom. The Morgan fingerprint density at radius 3 is 1.00 bits per heavy atom. The summed E-state index contributed by atoms with van der Waals surface area (Å²) in [6.45, 7) is 7.25. The summed E-state index contributed by atoms with van der Waals surface area (Å²) in [6, 6.07) is 40.2. The molecule has 0 N–H and O–H groups in total. The third-order valence-electron chi connectivity index (χ3n) is 12.1. The van der Waals surface area contributed by atoms with E-state index in [1.807, 2.05) is 137 Å². The number of rotatable bonds is 8. The molecule has 2 aliphatic carbocycles. The molecular formula is C58H40N4O6Zn. The molecule has 0 unspecified atom stereocenters. The van der Waals surface area contributed by atoms with Crippen LogP contribution in [0.1, 0.15) is 103 Å². The maximum Gasteiger partial charge on any atom is 2.00 e. The number of hydrogen-bond acceptors (Lipinski definition) is 8. The van der Waals surface area contributed by atoms with Gasteiger partial charge in [-0.3, -0.25) is 19.2 Å². The number of ether oxygens (including phenoxy) is 2. The molecule has 0 saturated heterocycles. The first-order valence-corrected chi connectivity index (χ1v) is 22.4. The number of fused-ring (bicyclic) bond motifs is 10. The first-order chi connectivity index (χ1) is 33.0. The number of carbonyl (C=O) groups is 4. The fraction of sp³-hybridized carbons (Fsp3) is 0.103. The topological polar surface area (TPSA) is 141 Å². The molecule has 10 nitrogen and oxygen atoms in total. The van der Waals surface area contributed by atoms with E-state index in [1.165, 1.54) is 0 Å². The van der Waals surface area contributed by atoms with Gasteiger partial charge in [-0.15, -0.1) is 22.1 Å². The van der Waals surface area contributed by atoms with Crippen molar-refractivity contribution in [3.63, 3.8) is 0 Å². The Labute approximate surface area is 410 Å². The van der Waals surface area contributed by atoms with Crippen LogP contribution in [0.4, 0.5) is 0 Å². The Kier molecular flexibility index (Phi) is 11.5. The van der Waals surface area contributed by atoms with Crippen molar-refractivity contribution in [3.05, 3.63) is 201 Å². The summed E-state index contributed by atoms with van der Waals surface area (Å²) in [5.41, 5.74) is 8.24. The van der Waals surface area contributed by atoms with Crippen LogP contribution in [-0.4, -0.2) is 45.3 Å². The van der Waals surface area contributed by atoms with Gasteiger partial charge in [0, 0.05) is 33.4 Å². The molecule has 11 heteroatoms. The first kappa shape index (κ1) is 44.7. The number of nitrogens with zero attached hydrogens (tertiary/aromatic N) is 4. The number of allylic oxidation sites excluding steroid dienone is 4. The maximum atomic E-state index is 15.0. The van der Waals surface area contributed by atoms with Gasteiger partial charge in [0.05, 0.1) is 46.1 Å². The summed E-state index contributed by atoms with van der Waals surface area (Å²) in [5, 5.41) is 0. The summed E-state index contributed by atoms with van der Waals surface area (Å²) in [4.78, 5) is 80.0. The second-order valence-corrected chi connectivity index (χ2v) is 17.2. The molecule has 11 rings (SSSR count). The molecule has 2 aliphatic heterocycles. The molecule has 4 aromatic carbocycles. The predicted molar refractivity (Wildman–Crippen MR) is 264 cm³/mol. The van der Waals surface area contributed by atoms with E-state index in [1.54, 1.807) is 48.5 Å². The third kappa shape index (κ3) is 7.65. The monoisotopic (exact) mass is 952 g/mol. The van der Waals surface area contributed by atoms with E-state index < -0.39 is 35.3 Å². The molecule has 69 heavy (non-hydrogen) atoms. The van der Waals surface area contributed by atoms with Crippen molar-refractivity contribution in [1.29, 1.82) is 0 Å². The molecule has 0 atom stereocenters. The van der Waals surface area contributed by atoms with Crippen molar-refractivity contribution >= 4 is 80.7 Å². The van der Waals surface area contributed by atoms with Gasteiger partial charge in [-0.2, -0.15) is 0 Å². The number of Topliss-reactive ketones (excluding diaryl/α,β-unsaturated/α-hetero) is 4. The van der Waals surface area contributed by atoms with Gasteiger partial charge in [0.25, 0.3) is 0 Å². The zero-order valence-corrected chi connectivity index (χ0v) is 41.1. The van der Waals surface area contributed by atoms with Gasteiger partial charge in [-0.1, -0.05) is 133 Å². The van der Waals surface area contributed by atoms with Gasteiger partial charge in [-0.05, 0) is 74.3 Å². The van der Waals surface area contributed by atoms with Crippen LogP contribution < -0.4 is 9.97 Å². The molecule has 0 amide bonds. The quantitative estimate of drug-likeness (QED) is 0.135. The fourth-order valence-electron chi connectivity index (χ4n) is 9.26. The number of aromatic nitrogens is 4. The van der Waals surface area contributed by atoms with Crippen LogP contribution in [0.15, 0.2) is 145 Å². The molecule has 0 spiro atoms. The third-order valence-corrected chi connectivity index (χ3v) is 12.1. The van der Waals surface area contributed by atoms with E-state index in [0.717, 1.165) is 11.1 Å². The zero-order valence-electron chi connectivity index (χ0n) is 38.1.